The molecule has 0 aliphatic rings. The topological polar surface area (TPSA) is 100 Å². The van der Waals surface area contributed by atoms with Crippen LogP contribution in [0.1, 0.15) is 25.4 Å². The van der Waals surface area contributed by atoms with Gasteiger partial charge in [0.1, 0.15) is 17.4 Å². The average molecular weight is 416 g/mol. The summed E-state index contributed by atoms with van der Waals surface area (Å²) in [6, 6.07) is 13.3. The molecule has 0 saturated carbocycles. The van der Waals surface area contributed by atoms with E-state index in [1.165, 1.54) is 0 Å². The molecule has 0 aliphatic carbocycles. The third-order valence-corrected chi connectivity index (χ3v) is 5.37. The van der Waals surface area contributed by atoms with E-state index >= 15 is 0 Å². The molecule has 31 heavy (non-hydrogen) atoms. The fourth-order valence-corrected chi connectivity index (χ4v) is 3.49. The van der Waals surface area contributed by atoms with Gasteiger partial charge in [-0.25, -0.2) is 4.98 Å². The largest absolute Gasteiger partial charge is 0.371 e. The predicted molar refractivity (Wildman–Crippen MR) is 114 cm³/mol. The highest BCUT2D eigenvalue weighted by Crippen LogP contribution is 2.27. The summed E-state index contributed by atoms with van der Waals surface area (Å²) in [5.41, 5.74) is 2.13. The molecular weight excluding hydrogens is 396 g/mol. The minimum atomic E-state index is -0.733. The molecule has 5 aromatic rings. The molecule has 4 heterocycles. The first kappa shape index (κ1) is 19.1. The van der Waals surface area contributed by atoms with Gasteiger partial charge in [-0.1, -0.05) is 23.4 Å². The van der Waals surface area contributed by atoms with Crippen LogP contribution in [0.25, 0.3) is 28.1 Å². The Balaban J connectivity index is 1.75. The first-order chi connectivity index (χ1) is 15.0. The average Bonchev–Trinajstić information content (AvgIpc) is 3.45. The fraction of sp³-hybridized carbons (Fsp3) is 0.227. The third-order valence-electron chi connectivity index (χ3n) is 5.37. The molecule has 0 aliphatic heterocycles. The normalized spacial score (nSPS) is 12.1. The van der Waals surface area contributed by atoms with Crippen molar-refractivity contribution in [1.29, 1.82) is 0 Å². The molecule has 0 fully saturated rings. The summed E-state index contributed by atoms with van der Waals surface area (Å²) >= 11 is 0. The van der Waals surface area contributed by atoms with E-state index in [0.717, 1.165) is 16.7 Å². The van der Waals surface area contributed by atoms with Gasteiger partial charge in [0.15, 0.2) is 5.69 Å². The van der Waals surface area contributed by atoms with Crippen molar-refractivity contribution in [2.45, 2.75) is 26.0 Å². The number of methoxy groups -OCH3 is 1. The Bertz CT molecular complexity index is 1450. The van der Waals surface area contributed by atoms with Crippen molar-refractivity contribution >= 4 is 16.6 Å². The van der Waals surface area contributed by atoms with Crippen molar-refractivity contribution in [2.24, 2.45) is 0 Å². The van der Waals surface area contributed by atoms with Crippen molar-refractivity contribution < 1.29 is 9.26 Å². The van der Waals surface area contributed by atoms with Crippen LogP contribution in [-0.2, 0) is 16.9 Å². The van der Waals surface area contributed by atoms with E-state index in [2.05, 4.69) is 20.1 Å². The summed E-state index contributed by atoms with van der Waals surface area (Å²) in [5, 5.41) is 4.02. The molecule has 0 N–H and O–H groups in total. The first-order valence-corrected chi connectivity index (χ1v) is 9.78. The van der Waals surface area contributed by atoms with Crippen LogP contribution in [-0.4, -0.2) is 36.2 Å². The van der Waals surface area contributed by atoms with Crippen molar-refractivity contribution in [3.05, 3.63) is 76.9 Å². The molecular formula is C22H20N6O3. The summed E-state index contributed by atoms with van der Waals surface area (Å²) in [6.45, 7) is 3.99. The smallest absolute Gasteiger partial charge is 0.279 e. The second kappa shape index (κ2) is 7.13. The van der Waals surface area contributed by atoms with Gasteiger partial charge in [0.2, 0.25) is 5.82 Å². The quantitative estimate of drug-likeness (QED) is 0.434. The van der Waals surface area contributed by atoms with Crippen LogP contribution in [0.4, 0.5) is 0 Å². The molecule has 9 nitrogen and oxygen atoms in total. The van der Waals surface area contributed by atoms with Crippen LogP contribution in [0, 0.1) is 0 Å². The van der Waals surface area contributed by atoms with Gasteiger partial charge in [-0.15, -0.1) is 0 Å². The standard InChI is InChI=1S/C22H20N6O3/c1-22(2,30-3)21-25-19(31-26-21)17-18-20(29)27(12-14-8-6-7-11-23-14)15-9-4-5-10-16(15)28(18)13-24-17/h4-11,13H,12H2,1-3H3. The van der Waals surface area contributed by atoms with Gasteiger partial charge in [-0.05, 0) is 38.1 Å². The molecule has 5 rings (SSSR count). The van der Waals surface area contributed by atoms with E-state index in [-0.39, 0.29) is 11.4 Å². The molecule has 156 valence electrons. The van der Waals surface area contributed by atoms with Crippen LogP contribution >= 0.6 is 0 Å². The summed E-state index contributed by atoms with van der Waals surface area (Å²) in [7, 11) is 1.57. The highest BCUT2D eigenvalue weighted by molar-refractivity contribution is 5.83. The number of hydrogen-bond donors (Lipinski definition) is 0. The number of ether oxygens (including phenoxy) is 1. The molecule has 0 radical (unpaired) electrons. The van der Waals surface area contributed by atoms with E-state index < -0.39 is 5.60 Å². The third kappa shape index (κ3) is 3.10. The van der Waals surface area contributed by atoms with Crippen molar-refractivity contribution in [3.8, 4) is 11.6 Å². The van der Waals surface area contributed by atoms with Gasteiger partial charge < -0.3 is 9.26 Å². The Hall–Kier alpha value is -3.85. The Morgan fingerprint density at radius 2 is 1.84 bits per heavy atom. The lowest BCUT2D eigenvalue weighted by molar-refractivity contribution is 0.00973. The highest BCUT2D eigenvalue weighted by Gasteiger charge is 2.28. The van der Waals surface area contributed by atoms with Crippen LogP contribution < -0.4 is 5.56 Å². The van der Waals surface area contributed by atoms with E-state index in [0.29, 0.717) is 23.6 Å². The Labute approximate surface area is 176 Å². The van der Waals surface area contributed by atoms with Gasteiger partial charge in [-0.2, -0.15) is 4.98 Å². The molecule has 0 spiro atoms. The Morgan fingerprint density at radius 1 is 1.06 bits per heavy atom. The minimum Gasteiger partial charge on any atom is -0.371 e. The lowest BCUT2D eigenvalue weighted by atomic mass is 10.1. The zero-order chi connectivity index (χ0) is 21.6. The molecule has 0 bridgehead atoms. The van der Waals surface area contributed by atoms with Gasteiger partial charge in [-0.3, -0.25) is 18.7 Å². The highest BCUT2D eigenvalue weighted by atomic mass is 16.5. The number of imidazole rings is 1. The maximum absolute atomic E-state index is 13.6. The molecule has 0 atom stereocenters. The van der Waals surface area contributed by atoms with Crippen LogP contribution in [0.3, 0.4) is 0 Å². The number of aromatic nitrogens is 6. The van der Waals surface area contributed by atoms with Gasteiger partial charge in [0.25, 0.3) is 11.4 Å². The van der Waals surface area contributed by atoms with Crippen molar-refractivity contribution in [3.63, 3.8) is 0 Å². The molecule has 0 amide bonds. The molecule has 9 heteroatoms. The number of pyridine rings is 1. The second-order valence-electron chi connectivity index (χ2n) is 7.65. The maximum atomic E-state index is 13.6. The van der Waals surface area contributed by atoms with Gasteiger partial charge >= 0.3 is 0 Å². The molecule has 4 aromatic heterocycles. The van der Waals surface area contributed by atoms with E-state index in [1.54, 1.807) is 28.6 Å². The number of nitrogens with zero attached hydrogens (tertiary/aromatic N) is 6. The SMILES string of the molecule is COC(C)(C)c1noc(-c2ncn3c2c(=O)n(Cc2ccccn2)c2ccccc23)n1. The molecule has 0 saturated heterocycles. The zero-order valence-electron chi connectivity index (χ0n) is 17.3. The number of benzene rings is 1. The summed E-state index contributed by atoms with van der Waals surface area (Å²) < 4.78 is 14.3. The second-order valence-corrected chi connectivity index (χ2v) is 7.65. The molecule has 1 aromatic carbocycles. The number of rotatable bonds is 5. The monoisotopic (exact) mass is 416 g/mol. The van der Waals surface area contributed by atoms with E-state index in [9.17, 15) is 4.79 Å². The van der Waals surface area contributed by atoms with Crippen LogP contribution in [0.15, 0.2) is 64.3 Å². The van der Waals surface area contributed by atoms with Gasteiger partial charge in [0.05, 0.1) is 23.3 Å². The Kier molecular flexibility index (Phi) is 4.40. The maximum Gasteiger partial charge on any atom is 0.279 e. The van der Waals surface area contributed by atoms with Crippen molar-refractivity contribution in [2.75, 3.05) is 7.11 Å². The zero-order valence-corrected chi connectivity index (χ0v) is 17.3. The first-order valence-electron chi connectivity index (χ1n) is 9.78. The number of hydrogen-bond acceptors (Lipinski definition) is 7. The van der Waals surface area contributed by atoms with Crippen molar-refractivity contribution in [1.82, 2.24) is 29.1 Å². The van der Waals surface area contributed by atoms with Crippen LogP contribution in [0.5, 0.6) is 0 Å². The lowest BCUT2D eigenvalue weighted by Crippen LogP contribution is -2.24. The van der Waals surface area contributed by atoms with Crippen LogP contribution in [0.2, 0.25) is 0 Å². The summed E-state index contributed by atoms with van der Waals surface area (Å²) in [5.74, 6) is 0.542. The summed E-state index contributed by atoms with van der Waals surface area (Å²) in [4.78, 5) is 26.9. The number of para-hydroxylation sites is 2. The van der Waals surface area contributed by atoms with E-state index in [4.69, 9.17) is 9.26 Å². The molecule has 0 unspecified atom stereocenters. The Morgan fingerprint density at radius 3 is 2.58 bits per heavy atom. The van der Waals surface area contributed by atoms with Gasteiger partial charge in [0, 0.05) is 13.3 Å². The minimum absolute atomic E-state index is 0.166. The number of fused-ring (bicyclic) bond motifs is 3. The fourth-order valence-electron chi connectivity index (χ4n) is 3.49. The lowest BCUT2D eigenvalue weighted by Gasteiger charge is -2.17. The predicted octanol–water partition coefficient (Wildman–Crippen LogP) is 3.02. The summed E-state index contributed by atoms with van der Waals surface area (Å²) in [6.07, 6.45) is 3.31. The van der Waals surface area contributed by atoms with E-state index in [1.807, 2.05) is 56.3 Å².